The molecule has 0 aromatic heterocycles. The van der Waals surface area contributed by atoms with Gasteiger partial charge in [0.15, 0.2) is 0 Å². The smallest absolute Gasteiger partial charge is 0.262 e. The number of fused-ring (bicyclic) bond motifs is 1. The van der Waals surface area contributed by atoms with Crippen LogP contribution in [0.3, 0.4) is 0 Å². The molecule has 1 saturated carbocycles. The van der Waals surface area contributed by atoms with Crippen molar-refractivity contribution in [3.8, 4) is 0 Å². The van der Waals surface area contributed by atoms with Gasteiger partial charge in [-0.3, -0.25) is 29.4 Å². The van der Waals surface area contributed by atoms with Crippen LogP contribution in [0.1, 0.15) is 59.2 Å². The number of rotatable bonds is 4. The Kier molecular flexibility index (Phi) is 5.12. The summed E-state index contributed by atoms with van der Waals surface area (Å²) in [5, 5.41) is 5.61. The van der Waals surface area contributed by atoms with Gasteiger partial charge in [0, 0.05) is 31.2 Å². The zero-order chi connectivity index (χ0) is 20.7. The molecule has 1 aromatic carbocycles. The number of hydrogen-bond acceptors (Lipinski definition) is 6. The fourth-order valence-corrected chi connectivity index (χ4v) is 4.78. The Bertz CT molecular complexity index is 883. The lowest BCUT2D eigenvalue weighted by atomic mass is 9.89. The van der Waals surface area contributed by atoms with E-state index in [9.17, 15) is 19.2 Å². The van der Waals surface area contributed by atoms with Crippen molar-refractivity contribution in [2.75, 3.05) is 19.0 Å². The second-order valence-electron chi connectivity index (χ2n) is 8.03. The van der Waals surface area contributed by atoms with E-state index in [1.54, 1.807) is 12.1 Å². The molecule has 1 aliphatic carbocycles. The second kappa shape index (κ2) is 7.59. The van der Waals surface area contributed by atoms with E-state index < -0.39 is 23.8 Å². The predicted molar refractivity (Wildman–Crippen MR) is 107 cm³/mol. The van der Waals surface area contributed by atoms with Crippen LogP contribution in [-0.2, 0) is 9.59 Å². The molecule has 1 unspecified atom stereocenters. The van der Waals surface area contributed by atoms with Gasteiger partial charge in [-0.15, -0.1) is 0 Å². The van der Waals surface area contributed by atoms with E-state index in [0.29, 0.717) is 23.2 Å². The monoisotopic (exact) mass is 398 g/mol. The number of amides is 4. The van der Waals surface area contributed by atoms with Gasteiger partial charge in [-0.05, 0) is 44.5 Å². The van der Waals surface area contributed by atoms with Gasteiger partial charge in [-0.1, -0.05) is 12.8 Å². The quantitative estimate of drug-likeness (QED) is 0.736. The van der Waals surface area contributed by atoms with Gasteiger partial charge in [0.05, 0.1) is 11.1 Å². The maximum atomic E-state index is 13.0. The summed E-state index contributed by atoms with van der Waals surface area (Å²) in [6.07, 6.45) is 4.82. The summed E-state index contributed by atoms with van der Waals surface area (Å²) >= 11 is 0. The van der Waals surface area contributed by atoms with Crippen molar-refractivity contribution >= 4 is 29.3 Å². The van der Waals surface area contributed by atoms with E-state index in [4.69, 9.17) is 0 Å². The van der Waals surface area contributed by atoms with Crippen molar-refractivity contribution in [1.29, 1.82) is 0 Å². The standard InChI is InChI=1S/C21H26N4O4/c1-22-15-5-3-4-6-16(15)24(2)12-7-8-13-14(11-12)21(29)25(20(13)28)17-9-10-18(26)23-19(17)27/h7-8,11,15-17,22H,3-6,9-10H2,1-2H3,(H,23,26,27)/t15-,16-,17?/m0/s1. The molecule has 29 heavy (non-hydrogen) atoms. The molecule has 3 atom stereocenters. The number of likely N-dealkylation sites (N-methyl/N-ethyl adjacent to an activating group) is 2. The Hall–Kier alpha value is -2.74. The molecule has 0 bridgehead atoms. The van der Waals surface area contributed by atoms with Gasteiger partial charge >= 0.3 is 0 Å². The van der Waals surface area contributed by atoms with E-state index in [-0.39, 0.29) is 18.7 Å². The topological polar surface area (TPSA) is 98.8 Å². The van der Waals surface area contributed by atoms with Crippen LogP contribution in [0.5, 0.6) is 0 Å². The first-order valence-electron chi connectivity index (χ1n) is 10.2. The molecule has 2 heterocycles. The van der Waals surface area contributed by atoms with Crippen LogP contribution < -0.4 is 15.5 Å². The first-order valence-corrected chi connectivity index (χ1v) is 10.2. The zero-order valence-corrected chi connectivity index (χ0v) is 16.7. The van der Waals surface area contributed by atoms with Crippen LogP contribution in [0.4, 0.5) is 5.69 Å². The fraction of sp³-hybridized carbons (Fsp3) is 0.524. The number of carbonyl (C=O) groups is 4. The first kappa shape index (κ1) is 19.6. The van der Waals surface area contributed by atoms with E-state index in [0.717, 1.165) is 23.4 Å². The summed E-state index contributed by atoms with van der Waals surface area (Å²) in [6, 6.07) is 5.03. The van der Waals surface area contributed by atoms with Crippen LogP contribution in [0.25, 0.3) is 0 Å². The summed E-state index contributed by atoms with van der Waals surface area (Å²) in [5.41, 5.74) is 1.51. The van der Waals surface area contributed by atoms with Crippen molar-refractivity contribution in [3.63, 3.8) is 0 Å². The Morgan fingerprint density at radius 1 is 1.03 bits per heavy atom. The van der Waals surface area contributed by atoms with E-state index in [2.05, 4.69) is 15.5 Å². The summed E-state index contributed by atoms with van der Waals surface area (Å²) in [4.78, 5) is 52.6. The maximum absolute atomic E-state index is 13.0. The van der Waals surface area contributed by atoms with Gasteiger partial charge in [-0.25, -0.2) is 0 Å². The highest BCUT2D eigenvalue weighted by Crippen LogP contribution is 2.32. The molecular formula is C21H26N4O4. The van der Waals surface area contributed by atoms with Gasteiger partial charge in [0.2, 0.25) is 11.8 Å². The van der Waals surface area contributed by atoms with Crippen molar-refractivity contribution in [1.82, 2.24) is 15.5 Å². The number of anilines is 1. The molecule has 0 radical (unpaired) electrons. The van der Waals surface area contributed by atoms with Crippen LogP contribution in [0.2, 0.25) is 0 Å². The van der Waals surface area contributed by atoms with Crippen LogP contribution >= 0.6 is 0 Å². The number of hydrogen-bond donors (Lipinski definition) is 2. The molecule has 2 N–H and O–H groups in total. The molecule has 1 saturated heterocycles. The minimum atomic E-state index is -0.937. The Morgan fingerprint density at radius 2 is 1.76 bits per heavy atom. The number of nitrogens with zero attached hydrogens (tertiary/aromatic N) is 2. The number of benzene rings is 1. The highest BCUT2D eigenvalue weighted by molar-refractivity contribution is 6.23. The number of piperidine rings is 1. The average Bonchev–Trinajstić information content (AvgIpc) is 2.97. The number of carbonyl (C=O) groups excluding carboxylic acids is 4. The van der Waals surface area contributed by atoms with Gasteiger partial charge in [-0.2, -0.15) is 0 Å². The Balaban J connectivity index is 1.60. The molecule has 8 heteroatoms. The van der Waals surface area contributed by atoms with E-state index in [1.807, 2.05) is 20.2 Å². The Labute approximate surface area is 169 Å². The third kappa shape index (κ3) is 3.31. The molecule has 3 aliphatic rings. The molecule has 2 aliphatic heterocycles. The molecule has 4 amide bonds. The van der Waals surface area contributed by atoms with Crippen LogP contribution in [0, 0.1) is 0 Å². The summed E-state index contributed by atoms with van der Waals surface area (Å²) in [6.45, 7) is 0. The van der Waals surface area contributed by atoms with E-state index >= 15 is 0 Å². The average molecular weight is 398 g/mol. The summed E-state index contributed by atoms with van der Waals surface area (Å²) in [5.74, 6) is -1.91. The van der Waals surface area contributed by atoms with Gasteiger partial charge in [0.25, 0.3) is 11.8 Å². The highest BCUT2D eigenvalue weighted by atomic mass is 16.2. The van der Waals surface area contributed by atoms with Crippen molar-refractivity contribution in [3.05, 3.63) is 29.3 Å². The summed E-state index contributed by atoms with van der Waals surface area (Å²) < 4.78 is 0. The predicted octanol–water partition coefficient (Wildman–Crippen LogP) is 1.05. The zero-order valence-electron chi connectivity index (χ0n) is 16.7. The lowest BCUT2D eigenvalue weighted by Gasteiger charge is -2.39. The molecule has 1 aromatic rings. The largest absolute Gasteiger partial charge is 0.370 e. The maximum Gasteiger partial charge on any atom is 0.262 e. The van der Waals surface area contributed by atoms with Crippen molar-refractivity contribution in [2.45, 2.75) is 56.7 Å². The lowest BCUT2D eigenvalue weighted by molar-refractivity contribution is -0.136. The normalized spacial score (nSPS) is 27.1. The molecule has 8 nitrogen and oxygen atoms in total. The molecule has 0 spiro atoms. The van der Waals surface area contributed by atoms with Gasteiger partial charge < -0.3 is 10.2 Å². The minimum Gasteiger partial charge on any atom is -0.370 e. The number of imide groups is 2. The first-order chi connectivity index (χ1) is 13.9. The highest BCUT2D eigenvalue weighted by Gasteiger charge is 2.44. The second-order valence-corrected chi connectivity index (χ2v) is 8.03. The number of nitrogens with one attached hydrogen (secondary N) is 2. The SMILES string of the molecule is CN[C@H]1CCCC[C@@H]1N(C)c1ccc2c(c1)C(=O)N(C1CCC(=O)NC1=O)C2=O. The lowest BCUT2D eigenvalue weighted by Crippen LogP contribution is -2.54. The van der Waals surface area contributed by atoms with Crippen molar-refractivity contribution < 1.29 is 19.2 Å². The minimum absolute atomic E-state index is 0.116. The van der Waals surface area contributed by atoms with Gasteiger partial charge in [0.1, 0.15) is 6.04 Å². The summed E-state index contributed by atoms with van der Waals surface area (Å²) in [7, 11) is 3.99. The molecule has 154 valence electrons. The van der Waals surface area contributed by atoms with Crippen LogP contribution in [0.15, 0.2) is 18.2 Å². The Morgan fingerprint density at radius 3 is 2.48 bits per heavy atom. The third-order valence-electron chi connectivity index (χ3n) is 6.43. The van der Waals surface area contributed by atoms with Crippen LogP contribution in [-0.4, -0.2) is 60.7 Å². The third-order valence-corrected chi connectivity index (χ3v) is 6.43. The fourth-order valence-electron chi connectivity index (χ4n) is 4.78. The molecule has 2 fully saturated rings. The molecule has 4 rings (SSSR count). The van der Waals surface area contributed by atoms with E-state index in [1.165, 1.54) is 12.8 Å². The van der Waals surface area contributed by atoms with Crippen molar-refractivity contribution in [2.24, 2.45) is 0 Å². The molecular weight excluding hydrogens is 372 g/mol.